The van der Waals surface area contributed by atoms with E-state index in [0.717, 1.165) is 5.56 Å². The Kier molecular flexibility index (Phi) is 6.30. The smallest absolute Gasteiger partial charge is 0.296 e. The molecule has 7 heteroatoms. The van der Waals surface area contributed by atoms with E-state index >= 15 is 0 Å². The highest BCUT2D eigenvalue weighted by molar-refractivity contribution is 5.94. The van der Waals surface area contributed by atoms with E-state index in [2.05, 4.69) is 11.4 Å². The Balaban J connectivity index is 2.03. The average Bonchev–Trinajstić information content (AvgIpc) is 2.57. The second-order valence-corrected chi connectivity index (χ2v) is 6.29. The molecule has 0 saturated heterocycles. The Hall–Kier alpha value is -2.93. The molecule has 0 fully saturated rings. The fourth-order valence-corrected chi connectivity index (χ4v) is 2.70. The van der Waals surface area contributed by atoms with Gasteiger partial charge in [-0.25, -0.2) is 0 Å². The van der Waals surface area contributed by atoms with Crippen LogP contribution in [0, 0.1) is 24.0 Å². The lowest BCUT2D eigenvalue weighted by Gasteiger charge is -2.18. The molecule has 0 aromatic heterocycles. The number of anilines is 1. The molecular weight excluding hydrogens is 334 g/mol. The second-order valence-electron chi connectivity index (χ2n) is 6.29. The summed E-state index contributed by atoms with van der Waals surface area (Å²) in [4.78, 5) is 24.8. The molecule has 0 aliphatic heterocycles. The van der Waals surface area contributed by atoms with E-state index in [1.807, 2.05) is 37.9 Å². The molecule has 0 unspecified atom stereocenters. The molecule has 2 rings (SSSR count). The molecule has 0 aliphatic rings. The summed E-state index contributed by atoms with van der Waals surface area (Å²) < 4.78 is 4.99. The van der Waals surface area contributed by atoms with Gasteiger partial charge in [0.15, 0.2) is 0 Å². The van der Waals surface area contributed by atoms with E-state index in [1.165, 1.54) is 30.4 Å². The van der Waals surface area contributed by atoms with Crippen molar-refractivity contribution < 1.29 is 14.5 Å². The van der Waals surface area contributed by atoms with Crippen LogP contribution in [0.3, 0.4) is 0 Å². The zero-order valence-corrected chi connectivity index (χ0v) is 15.4. The maximum atomic E-state index is 12.3. The summed E-state index contributed by atoms with van der Waals surface area (Å²) >= 11 is 0. The highest BCUT2D eigenvalue weighted by atomic mass is 16.6. The number of nitrogens with one attached hydrogen (secondary N) is 1. The van der Waals surface area contributed by atoms with Crippen molar-refractivity contribution in [2.75, 3.05) is 26.0 Å². The van der Waals surface area contributed by atoms with Crippen molar-refractivity contribution in [2.24, 2.45) is 0 Å². The van der Waals surface area contributed by atoms with Gasteiger partial charge in [-0.1, -0.05) is 23.8 Å². The van der Waals surface area contributed by atoms with Gasteiger partial charge in [-0.2, -0.15) is 0 Å². The number of benzene rings is 2. The van der Waals surface area contributed by atoms with Crippen molar-refractivity contribution >= 4 is 17.3 Å². The first-order valence-corrected chi connectivity index (χ1v) is 8.17. The molecule has 138 valence electrons. The van der Waals surface area contributed by atoms with Crippen molar-refractivity contribution in [3.05, 3.63) is 63.2 Å². The average molecular weight is 357 g/mol. The van der Waals surface area contributed by atoms with Gasteiger partial charge in [0.25, 0.3) is 5.69 Å². The fraction of sp³-hybridized carbons (Fsp3) is 0.316. The molecule has 2 aromatic rings. The number of nitrogens with zero attached hydrogens (tertiary/aromatic N) is 2. The topological polar surface area (TPSA) is 84.7 Å². The monoisotopic (exact) mass is 357 g/mol. The van der Waals surface area contributed by atoms with Gasteiger partial charge in [-0.05, 0) is 44.2 Å². The van der Waals surface area contributed by atoms with Gasteiger partial charge in [-0.15, -0.1) is 0 Å². The lowest BCUT2D eigenvalue weighted by atomic mass is 10.1. The second kappa shape index (κ2) is 8.44. The maximum absolute atomic E-state index is 12.3. The maximum Gasteiger partial charge on any atom is 0.296 e. The summed E-state index contributed by atoms with van der Waals surface area (Å²) in [5.74, 6) is 0.0483. The Morgan fingerprint density at radius 2 is 1.96 bits per heavy atom. The number of hydrogen-bond acceptors (Lipinski definition) is 5. The first-order chi connectivity index (χ1) is 12.3. The highest BCUT2D eigenvalue weighted by Crippen LogP contribution is 2.28. The van der Waals surface area contributed by atoms with Crippen molar-refractivity contribution in [1.29, 1.82) is 0 Å². The van der Waals surface area contributed by atoms with Crippen LogP contribution in [0.1, 0.15) is 16.7 Å². The van der Waals surface area contributed by atoms with Crippen LogP contribution in [0.15, 0.2) is 36.4 Å². The number of likely N-dealkylation sites (N-methyl/N-ethyl adjacent to an activating group) is 1. The number of nitro benzene ring substituents is 1. The van der Waals surface area contributed by atoms with Crippen molar-refractivity contribution in [3.8, 4) is 5.75 Å². The van der Waals surface area contributed by atoms with Crippen LogP contribution < -0.4 is 10.1 Å². The Bertz CT molecular complexity index is 820. The van der Waals surface area contributed by atoms with E-state index in [9.17, 15) is 14.9 Å². The molecule has 1 amide bonds. The zero-order valence-electron chi connectivity index (χ0n) is 15.4. The molecule has 0 radical (unpaired) electrons. The lowest BCUT2D eigenvalue weighted by molar-refractivity contribution is -0.384. The van der Waals surface area contributed by atoms with Crippen LogP contribution in [-0.2, 0) is 11.3 Å². The summed E-state index contributed by atoms with van der Waals surface area (Å²) in [7, 11) is 3.26. The quantitative estimate of drug-likeness (QED) is 0.607. The minimum absolute atomic E-state index is 0.122. The van der Waals surface area contributed by atoms with Gasteiger partial charge in [-0.3, -0.25) is 19.8 Å². The Morgan fingerprint density at radius 1 is 1.23 bits per heavy atom. The van der Waals surface area contributed by atoms with Crippen LogP contribution in [0.4, 0.5) is 11.4 Å². The first kappa shape index (κ1) is 19.4. The highest BCUT2D eigenvalue weighted by Gasteiger charge is 2.18. The summed E-state index contributed by atoms with van der Waals surface area (Å²) in [5, 5.41) is 13.8. The number of nitro groups is 1. The van der Waals surface area contributed by atoms with Gasteiger partial charge < -0.3 is 10.1 Å². The van der Waals surface area contributed by atoms with Crippen molar-refractivity contribution in [2.45, 2.75) is 20.4 Å². The summed E-state index contributed by atoms with van der Waals surface area (Å²) in [6.45, 7) is 4.81. The predicted molar refractivity (Wildman–Crippen MR) is 101 cm³/mol. The van der Waals surface area contributed by atoms with Crippen LogP contribution in [0.2, 0.25) is 0 Å². The largest absolute Gasteiger partial charge is 0.496 e. The third kappa shape index (κ3) is 5.03. The number of aryl methyl sites for hydroxylation is 2. The van der Waals surface area contributed by atoms with Crippen LogP contribution in [0.25, 0.3) is 0 Å². The molecule has 0 saturated carbocycles. The van der Waals surface area contributed by atoms with Gasteiger partial charge in [0.2, 0.25) is 5.91 Å². The fourth-order valence-electron chi connectivity index (χ4n) is 2.70. The summed E-state index contributed by atoms with van der Waals surface area (Å²) in [5.41, 5.74) is 3.46. The number of carbonyl (C=O) groups is 1. The predicted octanol–water partition coefficient (Wildman–Crippen LogP) is 3.29. The Morgan fingerprint density at radius 3 is 2.58 bits per heavy atom. The minimum Gasteiger partial charge on any atom is -0.496 e. The number of amides is 1. The van der Waals surface area contributed by atoms with Crippen LogP contribution >= 0.6 is 0 Å². The third-order valence-electron chi connectivity index (χ3n) is 4.03. The third-order valence-corrected chi connectivity index (χ3v) is 4.03. The standard InChI is InChI=1S/C19H23N3O4/c1-13-5-6-15(14(2)9-13)11-21(3)12-19(23)20-17-8-7-16(26-4)10-18(17)22(24)25/h5-10H,11-12H2,1-4H3,(H,20,23). The first-order valence-electron chi connectivity index (χ1n) is 8.17. The molecule has 0 bridgehead atoms. The SMILES string of the molecule is COc1ccc(NC(=O)CN(C)Cc2ccc(C)cc2C)c([N+](=O)[O-])c1. The van der Waals surface area contributed by atoms with Gasteiger partial charge >= 0.3 is 0 Å². The lowest BCUT2D eigenvalue weighted by Crippen LogP contribution is -2.30. The molecule has 0 heterocycles. The van der Waals surface area contributed by atoms with Crippen molar-refractivity contribution in [1.82, 2.24) is 4.90 Å². The minimum atomic E-state index is -0.544. The zero-order chi connectivity index (χ0) is 19.3. The molecule has 7 nitrogen and oxygen atoms in total. The molecule has 26 heavy (non-hydrogen) atoms. The number of methoxy groups -OCH3 is 1. The number of carbonyl (C=O) groups excluding carboxylic acids is 1. The van der Waals surface area contributed by atoms with Gasteiger partial charge in [0.1, 0.15) is 11.4 Å². The molecule has 1 N–H and O–H groups in total. The van der Waals surface area contributed by atoms with Crippen molar-refractivity contribution in [3.63, 3.8) is 0 Å². The van der Waals surface area contributed by atoms with Gasteiger partial charge in [0.05, 0.1) is 24.6 Å². The normalized spacial score (nSPS) is 10.7. The number of hydrogen-bond donors (Lipinski definition) is 1. The van der Waals surface area contributed by atoms with Crippen LogP contribution in [0.5, 0.6) is 5.75 Å². The van der Waals surface area contributed by atoms with E-state index < -0.39 is 4.92 Å². The summed E-state index contributed by atoms with van der Waals surface area (Å²) in [6, 6.07) is 10.5. The molecule has 2 aromatic carbocycles. The van der Waals surface area contributed by atoms with E-state index in [4.69, 9.17) is 4.74 Å². The van der Waals surface area contributed by atoms with Crippen LogP contribution in [-0.4, -0.2) is 36.4 Å². The summed E-state index contributed by atoms with van der Waals surface area (Å²) in [6.07, 6.45) is 0. The molecule has 0 atom stereocenters. The number of rotatable bonds is 7. The molecule has 0 spiro atoms. The van der Waals surface area contributed by atoms with E-state index in [0.29, 0.717) is 12.3 Å². The number of ether oxygens (including phenoxy) is 1. The molecular formula is C19H23N3O4. The van der Waals surface area contributed by atoms with E-state index in [1.54, 1.807) is 6.07 Å². The van der Waals surface area contributed by atoms with Gasteiger partial charge in [0, 0.05) is 6.54 Å². The molecule has 0 aliphatic carbocycles. The Labute approximate surface area is 152 Å². The van der Waals surface area contributed by atoms with E-state index in [-0.39, 0.29) is 23.8 Å².